The maximum Gasteiger partial charge on any atom is 0.262 e. The summed E-state index contributed by atoms with van der Waals surface area (Å²) in [5.74, 6) is -0.937. The summed E-state index contributed by atoms with van der Waals surface area (Å²) in [5.41, 5.74) is 0.980. The Hall–Kier alpha value is -3.17. The molecule has 9 heteroatoms. The van der Waals surface area contributed by atoms with Crippen LogP contribution in [0.2, 0.25) is 0 Å². The Balaban J connectivity index is 1.79. The zero-order valence-corrected chi connectivity index (χ0v) is 15.2. The average molecular weight is 402 g/mol. The highest BCUT2D eigenvalue weighted by molar-refractivity contribution is 7.93. The van der Waals surface area contributed by atoms with E-state index >= 15 is 0 Å². The fourth-order valence-electron chi connectivity index (χ4n) is 3.15. The van der Waals surface area contributed by atoms with Crippen LogP contribution < -0.4 is 14.8 Å². The standard InChI is InChI=1S/C19H15FN2O5S/c20-11-4-5-14(16(10-11)27-9-8-23)22-28(25,26)17-7-6-15-18-12(17)2-1-3-13(18)19(24)21-15/h1-7,10,22-23H,8-9H2,(H,21,24). The molecule has 0 saturated carbocycles. The SMILES string of the molecule is O=C1Nc2ccc(S(=O)(=O)Nc3ccc(F)cc3OCCO)c3cccc1c23. The molecule has 0 fully saturated rings. The monoisotopic (exact) mass is 402 g/mol. The third-order valence-electron chi connectivity index (χ3n) is 4.32. The Morgan fingerprint density at radius 1 is 1.14 bits per heavy atom. The van der Waals surface area contributed by atoms with Crippen LogP contribution in [0.25, 0.3) is 10.8 Å². The second kappa shape index (κ2) is 6.77. The third kappa shape index (κ3) is 3.04. The number of halogens is 1. The number of rotatable bonds is 6. The number of benzene rings is 3. The van der Waals surface area contributed by atoms with E-state index < -0.39 is 15.8 Å². The number of amides is 1. The molecule has 3 aromatic carbocycles. The molecule has 0 radical (unpaired) electrons. The molecule has 0 saturated heterocycles. The minimum atomic E-state index is -4.08. The lowest BCUT2D eigenvalue weighted by atomic mass is 10.1. The molecule has 0 unspecified atom stereocenters. The molecule has 0 bridgehead atoms. The van der Waals surface area contributed by atoms with Crippen molar-refractivity contribution in [1.29, 1.82) is 0 Å². The van der Waals surface area contributed by atoms with Crippen LogP contribution in [-0.4, -0.2) is 32.6 Å². The van der Waals surface area contributed by atoms with Gasteiger partial charge >= 0.3 is 0 Å². The summed E-state index contributed by atoms with van der Waals surface area (Å²) in [5, 5.41) is 12.5. The number of aliphatic hydroxyl groups is 1. The predicted molar refractivity (Wildman–Crippen MR) is 102 cm³/mol. The average Bonchev–Trinajstić information content (AvgIpc) is 2.99. The summed E-state index contributed by atoms with van der Waals surface area (Å²) >= 11 is 0. The minimum Gasteiger partial charge on any atom is -0.489 e. The van der Waals surface area contributed by atoms with E-state index in [1.54, 1.807) is 18.2 Å². The summed E-state index contributed by atoms with van der Waals surface area (Å²) < 4.78 is 47.2. The van der Waals surface area contributed by atoms with Crippen molar-refractivity contribution in [3.63, 3.8) is 0 Å². The first kappa shape index (κ1) is 18.2. The van der Waals surface area contributed by atoms with Crippen LogP contribution in [0, 0.1) is 5.82 Å². The molecule has 3 aromatic rings. The molecule has 28 heavy (non-hydrogen) atoms. The van der Waals surface area contributed by atoms with Crippen molar-refractivity contribution in [3.8, 4) is 5.75 Å². The lowest BCUT2D eigenvalue weighted by Gasteiger charge is -2.15. The van der Waals surface area contributed by atoms with E-state index in [1.165, 1.54) is 18.2 Å². The molecule has 1 aliphatic rings. The van der Waals surface area contributed by atoms with Gasteiger partial charge in [-0.15, -0.1) is 0 Å². The van der Waals surface area contributed by atoms with Crippen LogP contribution in [-0.2, 0) is 10.0 Å². The maximum atomic E-state index is 13.5. The van der Waals surface area contributed by atoms with Gasteiger partial charge in [0, 0.05) is 28.1 Å². The Bertz CT molecular complexity index is 1210. The molecular formula is C19H15FN2O5S. The summed E-state index contributed by atoms with van der Waals surface area (Å²) in [6.45, 7) is -0.425. The van der Waals surface area contributed by atoms with Crippen molar-refractivity contribution in [1.82, 2.24) is 0 Å². The Kier molecular flexibility index (Phi) is 4.40. The first-order valence-corrected chi connectivity index (χ1v) is 9.82. The van der Waals surface area contributed by atoms with Gasteiger partial charge in [-0.2, -0.15) is 0 Å². The van der Waals surface area contributed by atoms with Gasteiger partial charge in [0.2, 0.25) is 0 Å². The number of ether oxygens (including phenoxy) is 1. The fraction of sp³-hybridized carbons (Fsp3) is 0.105. The van der Waals surface area contributed by atoms with Crippen LogP contribution in [0.4, 0.5) is 15.8 Å². The number of nitrogens with one attached hydrogen (secondary N) is 2. The molecule has 0 aliphatic carbocycles. The van der Waals surface area contributed by atoms with Crippen LogP contribution in [0.15, 0.2) is 53.4 Å². The zero-order valence-electron chi connectivity index (χ0n) is 14.4. The second-order valence-electron chi connectivity index (χ2n) is 6.11. The number of carbonyl (C=O) groups is 1. The Morgan fingerprint density at radius 3 is 2.75 bits per heavy atom. The van der Waals surface area contributed by atoms with E-state index in [0.29, 0.717) is 22.0 Å². The second-order valence-corrected chi connectivity index (χ2v) is 7.76. The van der Waals surface area contributed by atoms with Crippen molar-refractivity contribution in [2.24, 2.45) is 0 Å². The fourth-order valence-corrected chi connectivity index (χ4v) is 4.43. The van der Waals surface area contributed by atoms with Crippen molar-refractivity contribution < 1.29 is 27.4 Å². The quantitative estimate of drug-likeness (QED) is 0.588. The predicted octanol–water partition coefficient (Wildman–Crippen LogP) is 2.72. The van der Waals surface area contributed by atoms with E-state index in [1.807, 2.05) is 0 Å². The van der Waals surface area contributed by atoms with Crippen LogP contribution in [0.3, 0.4) is 0 Å². The van der Waals surface area contributed by atoms with Crippen molar-refractivity contribution >= 4 is 38.1 Å². The van der Waals surface area contributed by atoms with Crippen LogP contribution in [0.1, 0.15) is 10.4 Å². The van der Waals surface area contributed by atoms with E-state index in [-0.39, 0.29) is 35.5 Å². The Labute approximate surface area is 159 Å². The van der Waals surface area contributed by atoms with Crippen molar-refractivity contribution in [2.45, 2.75) is 4.90 Å². The highest BCUT2D eigenvalue weighted by atomic mass is 32.2. The normalized spacial score (nSPS) is 12.9. The smallest absolute Gasteiger partial charge is 0.262 e. The highest BCUT2D eigenvalue weighted by Crippen LogP contribution is 2.37. The number of carbonyl (C=O) groups excluding carboxylic acids is 1. The topological polar surface area (TPSA) is 105 Å². The Morgan fingerprint density at radius 2 is 1.96 bits per heavy atom. The molecule has 0 atom stereocenters. The van der Waals surface area contributed by atoms with E-state index in [9.17, 15) is 17.6 Å². The van der Waals surface area contributed by atoms with Gasteiger partial charge in [0.15, 0.2) is 0 Å². The van der Waals surface area contributed by atoms with Gasteiger partial charge in [-0.3, -0.25) is 9.52 Å². The minimum absolute atomic E-state index is 0.0259. The van der Waals surface area contributed by atoms with E-state index in [2.05, 4.69) is 10.0 Å². The van der Waals surface area contributed by atoms with Gasteiger partial charge in [0.05, 0.1) is 17.2 Å². The molecule has 1 aliphatic heterocycles. The van der Waals surface area contributed by atoms with Crippen molar-refractivity contribution in [3.05, 3.63) is 59.9 Å². The van der Waals surface area contributed by atoms with Gasteiger partial charge in [0.25, 0.3) is 15.9 Å². The van der Waals surface area contributed by atoms with E-state index in [0.717, 1.165) is 12.1 Å². The largest absolute Gasteiger partial charge is 0.489 e. The van der Waals surface area contributed by atoms with Gasteiger partial charge in [-0.1, -0.05) is 12.1 Å². The lowest BCUT2D eigenvalue weighted by Crippen LogP contribution is -2.15. The molecular weight excluding hydrogens is 387 g/mol. The van der Waals surface area contributed by atoms with Crippen LogP contribution >= 0.6 is 0 Å². The molecule has 0 aromatic heterocycles. The first-order valence-electron chi connectivity index (χ1n) is 8.34. The zero-order chi connectivity index (χ0) is 19.9. The lowest BCUT2D eigenvalue weighted by molar-refractivity contribution is 0.103. The summed E-state index contributed by atoms with van der Waals surface area (Å²) in [6.07, 6.45) is 0. The van der Waals surface area contributed by atoms with Gasteiger partial charge in [-0.25, -0.2) is 12.8 Å². The number of hydrogen-bond donors (Lipinski definition) is 3. The number of aliphatic hydroxyl groups excluding tert-OH is 1. The number of hydrogen-bond acceptors (Lipinski definition) is 5. The summed E-state index contributed by atoms with van der Waals surface area (Å²) in [7, 11) is -4.08. The number of anilines is 2. The third-order valence-corrected chi connectivity index (χ3v) is 5.74. The van der Waals surface area contributed by atoms with Gasteiger partial charge < -0.3 is 15.2 Å². The van der Waals surface area contributed by atoms with Gasteiger partial charge in [0.1, 0.15) is 18.2 Å². The van der Waals surface area contributed by atoms with Crippen molar-refractivity contribution in [2.75, 3.05) is 23.3 Å². The molecule has 3 N–H and O–H groups in total. The summed E-state index contributed by atoms with van der Waals surface area (Å²) in [4.78, 5) is 12.0. The molecule has 1 amide bonds. The van der Waals surface area contributed by atoms with E-state index in [4.69, 9.17) is 9.84 Å². The number of sulfonamides is 1. The molecule has 7 nitrogen and oxygen atoms in total. The molecule has 4 rings (SSSR count). The summed E-state index contributed by atoms with van der Waals surface area (Å²) in [6, 6.07) is 11.1. The maximum absolute atomic E-state index is 13.5. The highest BCUT2D eigenvalue weighted by Gasteiger charge is 2.26. The molecule has 144 valence electrons. The van der Waals surface area contributed by atoms with Crippen LogP contribution in [0.5, 0.6) is 5.75 Å². The first-order chi connectivity index (χ1) is 13.4. The molecule has 1 heterocycles. The van der Waals surface area contributed by atoms with Gasteiger partial charge in [-0.05, 0) is 30.3 Å². The molecule has 0 spiro atoms.